The van der Waals surface area contributed by atoms with E-state index >= 15 is 0 Å². The van der Waals surface area contributed by atoms with Crippen LogP contribution in [0.2, 0.25) is 4.34 Å². The molecular formula is C16H15ClN4O2S2. The first kappa shape index (κ1) is 18.1. The highest BCUT2D eigenvalue weighted by Crippen LogP contribution is 2.26. The van der Waals surface area contributed by atoms with Crippen LogP contribution in [0.3, 0.4) is 0 Å². The summed E-state index contributed by atoms with van der Waals surface area (Å²) >= 11 is 8.53. The first-order chi connectivity index (χ1) is 12.2. The Bertz CT molecular complexity index is 851. The minimum absolute atomic E-state index is 0.0219. The van der Waals surface area contributed by atoms with E-state index in [1.807, 2.05) is 16.7 Å². The van der Waals surface area contributed by atoms with E-state index in [0.29, 0.717) is 27.5 Å². The van der Waals surface area contributed by atoms with Gasteiger partial charge in [-0.15, -0.1) is 21.5 Å². The summed E-state index contributed by atoms with van der Waals surface area (Å²) in [4.78, 5) is 16.9. The summed E-state index contributed by atoms with van der Waals surface area (Å²) in [5, 5.41) is 9.19. The predicted molar refractivity (Wildman–Crippen MR) is 99.5 cm³/mol. The maximum absolute atomic E-state index is 12.3. The van der Waals surface area contributed by atoms with Gasteiger partial charge in [0, 0.05) is 25.1 Å². The van der Waals surface area contributed by atoms with Gasteiger partial charge in [0.1, 0.15) is 0 Å². The van der Waals surface area contributed by atoms with Crippen LogP contribution in [0.5, 0.6) is 0 Å². The minimum atomic E-state index is 0.0219. The lowest BCUT2D eigenvalue weighted by molar-refractivity contribution is 0.102. The number of thioether (sulfide) groups is 1. The largest absolute Gasteiger partial charge is 0.383 e. The average Bonchev–Trinajstić information content (AvgIpc) is 3.25. The number of halogens is 1. The molecule has 0 fully saturated rings. The maximum atomic E-state index is 12.3. The van der Waals surface area contributed by atoms with E-state index in [1.165, 1.54) is 23.1 Å². The molecule has 3 aromatic rings. The zero-order valence-corrected chi connectivity index (χ0v) is 15.8. The molecule has 3 heterocycles. The van der Waals surface area contributed by atoms with Crippen LogP contribution in [0.15, 0.2) is 41.8 Å². The molecule has 0 aliphatic rings. The van der Waals surface area contributed by atoms with Crippen molar-refractivity contribution in [1.82, 2.24) is 19.7 Å². The molecule has 3 rings (SSSR count). The molecule has 9 heteroatoms. The number of aromatic nitrogens is 4. The molecule has 0 atom stereocenters. The predicted octanol–water partition coefficient (Wildman–Crippen LogP) is 3.68. The molecule has 0 spiro atoms. The molecular weight excluding hydrogens is 380 g/mol. The van der Waals surface area contributed by atoms with Crippen molar-refractivity contribution >= 4 is 40.5 Å². The number of ketones is 1. The highest BCUT2D eigenvalue weighted by atomic mass is 35.5. The number of methoxy groups -OCH3 is 1. The number of hydrogen-bond acceptors (Lipinski definition) is 7. The van der Waals surface area contributed by atoms with Gasteiger partial charge in [0.15, 0.2) is 16.8 Å². The first-order valence-corrected chi connectivity index (χ1v) is 9.61. The Morgan fingerprint density at radius 1 is 1.28 bits per heavy atom. The fourth-order valence-electron chi connectivity index (χ4n) is 2.16. The van der Waals surface area contributed by atoms with Crippen LogP contribution in [0, 0.1) is 0 Å². The summed E-state index contributed by atoms with van der Waals surface area (Å²) in [5.74, 6) is 1.03. The Morgan fingerprint density at radius 3 is 2.76 bits per heavy atom. The Hall–Kier alpha value is -1.74. The molecule has 130 valence electrons. The van der Waals surface area contributed by atoms with Gasteiger partial charge in [-0.25, -0.2) is 0 Å². The summed E-state index contributed by atoms with van der Waals surface area (Å²) in [6, 6.07) is 7.22. The zero-order chi connectivity index (χ0) is 17.6. The summed E-state index contributed by atoms with van der Waals surface area (Å²) in [7, 11) is 1.65. The Labute approximate surface area is 158 Å². The Balaban J connectivity index is 1.78. The van der Waals surface area contributed by atoms with Crippen molar-refractivity contribution in [3.63, 3.8) is 0 Å². The van der Waals surface area contributed by atoms with E-state index in [0.717, 1.165) is 11.4 Å². The molecule has 0 aromatic carbocycles. The highest BCUT2D eigenvalue weighted by molar-refractivity contribution is 7.99. The van der Waals surface area contributed by atoms with Gasteiger partial charge in [0.05, 0.1) is 28.1 Å². The normalized spacial score (nSPS) is 11.0. The van der Waals surface area contributed by atoms with Crippen molar-refractivity contribution in [3.05, 3.63) is 45.9 Å². The number of thiophene rings is 1. The number of rotatable bonds is 8. The van der Waals surface area contributed by atoms with Gasteiger partial charge in [0.25, 0.3) is 0 Å². The lowest BCUT2D eigenvalue weighted by Crippen LogP contribution is -2.09. The van der Waals surface area contributed by atoms with E-state index in [1.54, 1.807) is 31.6 Å². The molecule has 0 unspecified atom stereocenters. The molecule has 0 aliphatic heterocycles. The quantitative estimate of drug-likeness (QED) is 0.428. The van der Waals surface area contributed by atoms with Crippen LogP contribution in [-0.2, 0) is 11.3 Å². The van der Waals surface area contributed by atoms with E-state index in [9.17, 15) is 4.79 Å². The Morgan fingerprint density at radius 2 is 2.08 bits per heavy atom. The van der Waals surface area contributed by atoms with E-state index in [-0.39, 0.29) is 11.5 Å². The van der Waals surface area contributed by atoms with Crippen LogP contribution >= 0.6 is 34.7 Å². The second kappa shape index (κ2) is 8.57. The van der Waals surface area contributed by atoms with Crippen LogP contribution in [-0.4, -0.2) is 45.0 Å². The SMILES string of the molecule is COCCn1c(SCC(=O)c2ccc(Cl)s2)nnc1-c1ccncc1. The zero-order valence-electron chi connectivity index (χ0n) is 13.4. The maximum Gasteiger partial charge on any atom is 0.192 e. The minimum Gasteiger partial charge on any atom is -0.383 e. The standard InChI is InChI=1S/C16H15ClN4O2S2/c1-23-9-8-21-15(11-4-6-18-7-5-11)19-20-16(21)24-10-12(22)13-2-3-14(17)25-13/h2-7H,8-10H2,1H3. The number of nitrogens with zero attached hydrogens (tertiary/aromatic N) is 4. The van der Waals surface area contributed by atoms with Gasteiger partial charge in [0.2, 0.25) is 0 Å². The van der Waals surface area contributed by atoms with Crippen molar-refractivity contribution < 1.29 is 9.53 Å². The van der Waals surface area contributed by atoms with Crippen molar-refractivity contribution in [2.45, 2.75) is 11.7 Å². The molecule has 0 N–H and O–H groups in total. The topological polar surface area (TPSA) is 69.9 Å². The third kappa shape index (κ3) is 4.46. The van der Waals surface area contributed by atoms with Gasteiger partial charge >= 0.3 is 0 Å². The number of carbonyl (C=O) groups is 1. The molecule has 0 bridgehead atoms. The van der Waals surface area contributed by atoms with Crippen molar-refractivity contribution in [2.24, 2.45) is 0 Å². The van der Waals surface area contributed by atoms with E-state index in [2.05, 4.69) is 15.2 Å². The van der Waals surface area contributed by atoms with Gasteiger partial charge in [-0.2, -0.15) is 0 Å². The first-order valence-electron chi connectivity index (χ1n) is 7.43. The molecule has 3 aromatic heterocycles. The second-order valence-corrected chi connectivity index (χ2v) is 7.66. The number of ether oxygens (including phenoxy) is 1. The van der Waals surface area contributed by atoms with Crippen LogP contribution in [0.25, 0.3) is 11.4 Å². The van der Waals surface area contributed by atoms with Crippen molar-refractivity contribution in [3.8, 4) is 11.4 Å². The number of pyridine rings is 1. The van der Waals surface area contributed by atoms with Crippen LogP contribution < -0.4 is 0 Å². The second-order valence-electron chi connectivity index (χ2n) is 5.00. The van der Waals surface area contributed by atoms with Gasteiger partial charge < -0.3 is 4.74 Å². The number of Topliss-reactive ketones (excluding diaryl/α,β-unsaturated/α-hetero) is 1. The monoisotopic (exact) mass is 394 g/mol. The fraction of sp³-hybridized carbons (Fsp3) is 0.250. The van der Waals surface area contributed by atoms with E-state index < -0.39 is 0 Å². The molecule has 6 nitrogen and oxygen atoms in total. The number of hydrogen-bond donors (Lipinski definition) is 0. The van der Waals surface area contributed by atoms with Crippen LogP contribution in [0.4, 0.5) is 0 Å². The molecule has 25 heavy (non-hydrogen) atoms. The highest BCUT2D eigenvalue weighted by Gasteiger charge is 2.16. The molecule has 0 saturated carbocycles. The lowest BCUT2D eigenvalue weighted by Gasteiger charge is -2.09. The molecule has 0 radical (unpaired) electrons. The molecule has 0 saturated heterocycles. The third-order valence-electron chi connectivity index (χ3n) is 3.35. The van der Waals surface area contributed by atoms with Crippen molar-refractivity contribution in [2.75, 3.05) is 19.5 Å². The summed E-state index contributed by atoms with van der Waals surface area (Å²) in [5.41, 5.74) is 0.918. The Kier molecular flexibility index (Phi) is 6.19. The van der Waals surface area contributed by atoms with Gasteiger partial charge in [-0.3, -0.25) is 14.3 Å². The summed E-state index contributed by atoms with van der Waals surface area (Å²) < 4.78 is 7.75. The number of carbonyl (C=O) groups excluding carboxylic acids is 1. The molecule has 0 amide bonds. The summed E-state index contributed by atoms with van der Waals surface area (Å²) in [6.07, 6.45) is 3.42. The van der Waals surface area contributed by atoms with E-state index in [4.69, 9.17) is 16.3 Å². The average molecular weight is 395 g/mol. The lowest BCUT2D eigenvalue weighted by atomic mass is 10.2. The third-order valence-corrected chi connectivity index (χ3v) is 5.59. The van der Waals surface area contributed by atoms with Gasteiger partial charge in [-0.05, 0) is 24.3 Å². The van der Waals surface area contributed by atoms with Crippen molar-refractivity contribution in [1.29, 1.82) is 0 Å². The fourth-order valence-corrected chi connectivity index (χ4v) is 4.08. The smallest absolute Gasteiger partial charge is 0.192 e. The van der Waals surface area contributed by atoms with Gasteiger partial charge in [-0.1, -0.05) is 23.4 Å². The van der Waals surface area contributed by atoms with Crippen LogP contribution in [0.1, 0.15) is 9.67 Å². The molecule has 0 aliphatic carbocycles. The summed E-state index contributed by atoms with van der Waals surface area (Å²) in [6.45, 7) is 1.13.